The smallest absolute Gasteiger partial charge is 0.254 e. The van der Waals surface area contributed by atoms with Crippen LogP contribution in [0.5, 0.6) is 0 Å². The van der Waals surface area contributed by atoms with E-state index in [4.69, 9.17) is 17.3 Å². The first-order valence-corrected chi connectivity index (χ1v) is 5.66. The molecule has 18 heavy (non-hydrogen) atoms. The molecule has 1 aromatic heterocycles. The summed E-state index contributed by atoms with van der Waals surface area (Å²) in [4.78, 5) is 22.8. The molecule has 0 atom stereocenters. The van der Waals surface area contributed by atoms with Crippen molar-refractivity contribution in [2.75, 3.05) is 0 Å². The normalized spacial score (nSPS) is 10.3. The molecule has 0 aliphatic heterocycles. The molecule has 2 aromatic rings. The Morgan fingerprint density at radius 3 is 2.67 bits per heavy atom. The fourth-order valence-corrected chi connectivity index (χ4v) is 1.91. The zero-order valence-electron chi connectivity index (χ0n) is 9.68. The number of carbonyl (C=O) groups excluding carboxylic acids is 1. The highest BCUT2D eigenvalue weighted by Gasteiger charge is 2.09. The summed E-state index contributed by atoms with van der Waals surface area (Å²) in [6, 6.07) is 8.48. The molecule has 5 heteroatoms. The number of nitrogens with two attached hydrogens (primary N) is 1. The lowest BCUT2D eigenvalue weighted by Crippen LogP contribution is -2.23. The van der Waals surface area contributed by atoms with Gasteiger partial charge >= 0.3 is 0 Å². The summed E-state index contributed by atoms with van der Waals surface area (Å²) in [6.45, 7) is 1.77. The number of nitrogens with zero attached hydrogens (tertiary/aromatic N) is 1. The fourth-order valence-electron chi connectivity index (χ4n) is 1.72. The van der Waals surface area contributed by atoms with Crippen LogP contribution in [-0.2, 0) is 0 Å². The summed E-state index contributed by atoms with van der Waals surface area (Å²) >= 11 is 5.91. The Morgan fingerprint density at radius 2 is 2.06 bits per heavy atom. The minimum atomic E-state index is -0.740. The topological polar surface area (TPSA) is 65.1 Å². The molecule has 0 radical (unpaired) electrons. The van der Waals surface area contributed by atoms with Gasteiger partial charge in [0.25, 0.3) is 5.91 Å². The van der Waals surface area contributed by atoms with E-state index in [1.165, 1.54) is 12.3 Å². The van der Waals surface area contributed by atoms with E-state index < -0.39 is 5.91 Å². The van der Waals surface area contributed by atoms with Crippen LogP contribution in [0.2, 0.25) is 5.02 Å². The lowest BCUT2D eigenvalue weighted by Gasteiger charge is -2.11. The molecule has 0 saturated carbocycles. The molecule has 1 aromatic carbocycles. The van der Waals surface area contributed by atoms with E-state index in [0.717, 1.165) is 5.69 Å². The molecular formula is C13H11ClN2O2. The number of benzene rings is 1. The largest absolute Gasteiger partial charge is 0.365 e. The Morgan fingerprint density at radius 1 is 1.33 bits per heavy atom. The maximum Gasteiger partial charge on any atom is 0.254 e. The summed E-state index contributed by atoms with van der Waals surface area (Å²) < 4.78 is 1.70. The van der Waals surface area contributed by atoms with Gasteiger partial charge in [-0.2, -0.15) is 0 Å². The Labute approximate surface area is 109 Å². The summed E-state index contributed by atoms with van der Waals surface area (Å²) in [7, 11) is 0. The van der Waals surface area contributed by atoms with E-state index in [1.807, 2.05) is 6.07 Å². The SMILES string of the molecule is Cc1cc(=O)c(C(N)=O)cn1-c1cccc(Cl)c1. The van der Waals surface area contributed by atoms with Gasteiger partial charge in [0.05, 0.1) is 0 Å². The molecule has 0 saturated heterocycles. The molecule has 0 fully saturated rings. The third-order valence-corrected chi connectivity index (χ3v) is 2.83. The number of primary amides is 1. The van der Waals surface area contributed by atoms with Gasteiger partial charge in [0, 0.05) is 28.7 Å². The molecule has 0 unspecified atom stereocenters. The number of aromatic nitrogens is 1. The molecule has 0 bridgehead atoms. The summed E-state index contributed by atoms with van der Waals surface area (Å²) in [5, 5.41) is 0.575. The van der Waals surface area contributed by atoms with Gasteiger partial charge in [-0.3, -0.25) is 9.59 Å². The van der Waals surface area contributed by atoms with Gasteiger partial charge in [-0.1, -0.05) is 17.7 Å². The van der Waals surface area contributed by atoms with E-state index in [9.17, 15) is 9.59 Å². The van der Waals surface area contributed by atoms with Crippen LogP contribution in [0.25, 0.3) is 5.69 Å². The van der Waals surface area contributed by atoms with Crippen molar-refractivity contribution in [1.82, 2.24) is 4.57 Å². The summed E-state index contributed by atoms with van der Waals surface area (Å²) in [6.07, 6.45) is 1.44. The Kier molecular flexibility index (Phi) is 3.21. The number of halogens is 1. The molecule has 0 aliphatic rings. The zero-order chi connectivity index (χ0) is 13.3. The van der Waals surface area contributed by atoms with Crippen molar-refractivity contribution in [3.05, 3.63) is 63.0 Å². The van der Waals surface area contributed by atoms with Crippen LogP contribution >= 0.6 is 11.6 Å². The minimum Gasteiger partial charge on any atom is -0.365 e. The van der Waals surface area contributed by atoms with Gasteiger partial charge in [0.2, 0.25) is 0 Å². The van der Waals surface area contributed by atoms with Crippen LogP contribution in [0, 0.1) is 6.92 Å². The van der Waals surface area contributed by atoms with Crippen molar-refractivity contribution in [1.29, 1.82) is 0 Å². The lowest BCUT2D eigenvalue weighted by atomic mass is 10.2. The van der Waals surface area contributed by atoms with Crippen LogP contribution in [-0.4, -0.2) is 10.5 Å². The van der Waals surface area contributed by atoms with Crippen molar-refractivity contribution >= 4 is 17.5 Å². The van der Waals surface area contributed by atoms with Crippen molar-refractivity contribution < 1.29 is 4.79 Å². The summed E-state index contributed by atoms with van der Waals surface area (Å²) in [5.41, 5.74) is 6.21. The second-order valence-electron chi connectivity index (χ2n) is 3.91. The number of pyridine rings is 1. The highest BCUT2D eigenvalue weighted by molar-refractivity contribution is 6.30. The number of amides is 1. The summed E-state index contributed by atoms with van der Waals surface area (Å²) in [5.74, 6) is -0.740. The van der Waals surface area contributed by atoms with Crippen LogP contribution in [0.3, 0.4) is 0 Å². The second-order valence-corrected chi connectivity index (χ2v) is 4.34. The highest BCUT2D eigenvalue weighted by atomic mass is 35.5. The predicted molar refractivity (Wildman–Crippen MR) is 70.3 cm³/mol. The standard InChI is InChI=1S/C13H11ClN2O2/c1-8-5-12(17)11(13(15)18)7-16(8)10-4-2-3-9(14)6-10/h2-7H,1H3,(H2,15,18). The molecule has 4 nitrogen and oxygen atoms in total. The van der Waals surface area contributed by atoms with Crippen molar-refractivity contribution in [3.63, 3.8) is 0 Å². The van der Waals surface area contributed by atoms with Gasteiger partial charge in [0.15, 0.2) is 5.43 Å². The van der Waals surface area contributed by atoms with Crippen molar-refractivity contribution in [3.8, 4) is 5.69 Å². The van der Waals surface area contributed by atoms with Crippen LogP contribution in [0.15, 0.2) is 41.3 Å². The van der Waals surface area contributed by atoms with Crippen LogP contribution in [0.4, 0.5) is 0 Å². The van der Waals surface area contributed by atoms with Crippen molar-refractivity contribution in [2.24, 2.45) is 5.73 Å². The van der Waals surface area contributed by atoms with Crippen LogP contribution in [0.1, 0.15) is 16.1 Å². The van der Waals surface area contributed by atoms with Gasteiger partial charge in [-0.15, -0.1) is 0 Å². The van der Waals surface area contributed by atoms with E-state index in [-0.39, 0.29) is 11.0 Å². The Balaban J connectivity index is 2.68. The first-order chi connectivity index (χ1) is 8.49. The Hall–Kier alpha value is -2.07. The average molecular weight is 263 g/mol. The predicted octanol–water partition coefficient (Wildman–Crippen LogP) is 1.90. The number of hydrogen-bond donors (Lipinski definition) is 1. The molecule has 92 valence electrons. The van der Waals surface area contributed by atoms with Gasteiger partial charge < -0.3 is 10.3 Å². The lowest BCUT2D eigenvalue weighted by molar-refractivity contribution is 0.0998. The van der Waals surface area contributed by atoms with E-state index in [1.54, 1.807) is 29.7 Å². The molecule has 2 rings (SSSR count). The molecule has 1 heterocycles. The fraction of sp³-hybridized carbons (Fsp3) is 0.0769. The molecule has 2 N–H and O–H groups in total. The van der Waals surface area contributed by atoms with Gasteiger partial charge in [-0.05, 0) is 25.1 Å². The molecule has 0 aliphatic carbocycles. The Bertz CT molecular complexity index is 677. The number of hydrogen-bond acceptors (Lipinski definition) is 2. The molecular weight excluding hydrogens is 252 g/mol. The third kappa shape index (κ3) is 2.28. The van der Waals surface area contributed by atoms with Gasteiger partial charge in [-0.25, -0.2) is 0 Å². The first-order valence-electron chi connectivity index (χ1n) is 5.28. The molecule has 1 amide bonds. The second kappa shape index (κ2) is 4.66. The van der Waals surface area contributed by atoms with Crippen LogP contribution < -0.4 is 11.2 Å². The van der Waals surface area contributed by atoms with Gasteiger partial charge in [0.1, 0.15) is 5.56 Å². The maximum absolute atomic E-state index is 11.6. The minimum absolute atomic E-state index is 0.0411. The van der Waals surface area contributed by atoms with E-state index in [0.29, 0.717) is 10.7 Å². The van der Waals surface area contributed by atoms with E-state index >= 15 is 0 Å². The average Bonchev–Trinajstić information content (AvgIpc) is 2.28. The van der Waals surface area contributed by atoms with Crippen molar-refractivity contribution in [2.45, 2.75) is 6.92 Å². The van der Waals surface area contributed by atoms with E-state index in [2.05, 4.69) is 0 Å². The number of aryl methyl sites for hydroxylation is 1. The number of rotatable bonds is 2. The maximum atomic E-state index is 11.6. The quantitative estimate of drug-likeness (QED) is 0.898. The number of carbonyl (C=O) groups is 1. The molecule has 0 spiro atoms. The zero-order valence-corrected chi connectivity index (χ0v) is 10.4. The highest BCUT2D eigenvalue weighted by Crippen LogP contribution is 2.16. The monoisotopic (exact) mass is 262 g/mol. The third-order valence-electron chi connectivity index (χ3n) is 2.60. The first kappa shape index (κ1) is 12.4.